The van der Waals surface area contributed by atoms with E-state index < -0.39 is 17.7 Å². The third-order valence-electron chi connectivity index (χ3n) is 4.53. The molecule has 8 nitrogen and oxygen atoms in total. The number of anilines is 2. The molecule has 3 amide bonds. The van der Waals surface area contributed by atoms with E-state index in [9.17, 15) is 14.4 Å². The molecule has 3 aromatic carbocycles. The first-order valence-corrected chi connectivity index (χ1v) is 11.2. The van der Waals surface area contributed by atoms with Crippen LogP contribution in [0.4, 0.5) is 11.4 Å². The zero-order valence-electron chi connectivity index (χ0n) is 18.3. The molecule has 0 heterocycles. The summed E-state index contributed by atoms with van der Waals surface area (Å²) in [6, 6.07) is 16.5. The smallest absolute Gasteiger partial charge is 0.329 e. The molecule has 0 unspecified atom stereocenters. The van der Waals surface area contributed by atoms with Gasteiger partial charge in [0.25, 0.3) is 5.91 Å². The van der Waals surface area contributed by atoms with E-state index in [-0.39, 0.29) is 17.4 Å². The van der Waals surface area contributed by atoms with Crippen molar-refractivity contribution in [1.82, 2.24) is 5.43 Å². The number of halogens is 3. The van der Waals surface area contributed by atoms with E-state index in [0.29, 0.717) is 27.0 Å². The summed E-state index contributed by atoms with van der Waals surface area (Å²) in [6.45, 7) is 1.45. The van der Waals surface area contributed by atoms with Crippen LogP contribution in [0.2, 0.25) is 15.1 Å². The molecule has 180 valence electrons. The second kappa shape index (κ2) is 12.2. The number of carbonyl (C=O) groups excluding carboxylic acids is 3. The number of hydrogen-bond donors (Lipinski definition) is 3. The lowest BCUT2D eigenvalue weighted by atomic mass is 10.2. The second-order valence-electron chi connectivity index (χ2n) is 7.09. The third-order valence-corrected chi connectivity index (χ3v) is 5.58. The third kappa shape index (κ3) is 7.45. The molecule has 3 rings (SSSR count). The average molecular weight is 534 g/mol. The number of nitrogens with one attached hydrogen (secondary N) is 3. The molecule has 0 bridgehead atoms. The van der Waals surface area contributed by atoms with E-state index in [0.717, 1.165) is 5.56 Å². The number of carbonyl (C=O) groups is 3. The maximum atomic E-state index is 12.3. The van der Waals surface area contributed by atoms with Crippen molar-refractivity contribution in [2.75, 3.05) is 17.2 Å². The minimum Gasteiger partial charge on any atom is -0.483 e. The molecule has 0 aliphatic carbocycles. The van der Waals surface area contributed by atoms with Crippen LogP contribution in [0.5, 0.6) is 5.75 Å². The van der Waals surface area contributed by atoms with Gasteiger partial charge in [0.1, 0.15) is 5.75 Å². The maximum Gasteiger partial charge on any atom is 0.329 e. The number of benzene rings is 3. The lowest BCUT2D eigenvalue weighted by molar-refractivity contribution is -0.136. The Hall–Kier alpha value is -3.59. The largest absolute Gasteiger partial charge is 0.483 e. The van der Waals surface area contributed by atoms with Gasteiger partial charge in [-0.3, -0.25) is 14.4 Å². The maximum absolute atomic E-state index is 12.3. The molecule has 0 aliphatic rings. The van der Waals surface area contributed by atoms with Crippen molar-refractivity contribution in [2.24, 2.45) is 5.10 Å². The number of para-hydroxylation sites is 1. The highest BCUT2D eigenvalue weighted by atomic mass is 35.5. The first-order valence-electron chi connectivity index (χ1n) is 10.1. The van der Waals surface area contributed by atoms with Crippen LogP contribution < -0.4 is 20.8 Å². The van der Waals surface area contributed by atoms with E-state index in [1.807, 2.05) is 6.07 Å². The highest BCUT2D eigenvalue weighted by Gasteiger charge is 2.14. The molecule has 0 fully saturated rings. The Morgan fingerprint density at radius 3 is 2.43 bits per heavy atom. The summed E-state index contributed by atoms with van der Waals surface area (Å²) in [6.07, 6.45) is 1.24. The van der Waals surface area contributed by atoms with Gasteiger partial charge in [-0.25, -0.2) is 5.43 Å². The number of hydrogen-bond acceptors (Lipinski definition) is 5. The number of rotatable bonds is 7. The Labute approximate surface area is 216 Å². The molecule has 0 aliphatic heterocycles. The van der Waals surface area contributed by atoms with Crippen LogP contribution in [-0.4, -0.2) is 30.5 Å². The lowest BCUT2D eigenvalue weighted by Gasteiger charge is -2.11. The predicted octanol–water partition coefficient (Wildman–Crippen LogP) is 5.06. The molecular weight excluding hydrogens is 515 g/mol. The minimum atomic E-state index is -0.966. The molecule has 0 aromatic heterocycles. The normalized spacial score (nSPS) is 10.6. The summed E-state index contributed by atoms with van der Waals surface area (Å²) in [5, 5.41) is 9.79. The van der Waals surface area contributed by atoms with Crippen molar-refractivity contribution < 1.29 is 19.1 Å². The van der Waals surface area contributed by atoms with E-state index in [1.165, 1.54) is 18.3 Å². The molecule has 0 saturated heterocycles. The zero-order chi connectivity index (χ0) is 25.4. The number of ether oxygens (including phenoxy) is 1. The second-order valence-corrected chi connectivity index (χ2v) is 8.31. The van der Waals surface area contributed by atoms with E-state index in [1.54, 1.807) is 49.4 Å². The Bertz CT molecular complexity index is 1300. The molecule has 3 aromatic rings. The Balaban J connectivity index is 1.60. The van der Waals surface area contributed by atoms with E-state index in [4.69, 9.17) is 39.5 Å². The van der Waals surface area contributed by atoms with Gasteiger partial charge in [0.2, 0.25) is 0 Å². The Morgan fingerprint density at radius 1 is 0.914 bits per heavy atom. The highest BCUT2D eigenvalue weighted by molar-refractivity contribution is 6.44. The molecule has 11 heteroatoms. The fourth-order valence-corrected chi connectivity index (χ4v) is 3.31. The number of aryl methyl sites for hydroxylation is 1. The molecule has 0 spiro atoms. The van der Waals surface area contributed by atoms with Gasteiger partial charge in [0.15, 0.2) is 6.61 Å². The number of hydrazone groups is 1. The van der Waals surface area contributed by atoms with Crippen molar-refractivity contribution in [1.29, 1.82) is 0 Å². The standard InChI is InChI=1S/C24H19Cl3N4O4/c1-14-5-2-3-7-18(14)30-23(33)24(34)31-28-12-15-11-16(25)9-10-20(15)35-13-21(32)29-19-8-4-6-17(26)22(19)27/h2-12H,13H2,1H3,(H,29,32)(H,30,33)(H,31,34)/b28-12-. The van der Waals surface area contributed by atoms with Crippen LogP contribution in [-0.2, 0) is 14.4 Å². The Kier molecular flexibility index (Phi) is 9.08. The van der Waals surface area contributed by atoms with Crippen LogP contribution in [0.1, 0.15) is 11.1 Å². The minimum absolute atomic E-state index is 0.212. The van der Waals surface area contributed by atoms with Gasteiger partial charge in [-0.05, 0) is 48.9 Å². The average Bonchev–Trinajstić information content (AvgIpc) is 2.83. The molecule has 3 N–H and O–H groups in total. The van der Waals surface area contributed by atoms with Gasteiger partial charge < -0.3 is 15.4 Å². The van der Waals surface area contributed by atoms with E-state index in [2.05, 4.69) is 21.2 Å². The summed E-state index contributed by atoms with van der Waals surface area (Å²) in [5.74, 6) is -2.06. The van der Waals surface area contributed by atoms with E-state index >= 15 is 0 Å². The van der Waals surface area contributed by atoms with Crippen molar-refractivity contribution >= 4 is 70.1 Å². The lowest BCUT2D eigenvalue weighted by Crippen LogP contribution is -2.32. The van der Waals surface area contributed by atoms with Gasteiger partial charge in [-0.15, -0.1) is 0 Å². The van der Waals surface area contributed by atoms with Crippen LogP contribution in [0, 0.1) is 6.92 Å². The number of amides is 3. The first kappa shape index (κ1) is 26.0. The molecule has 0 radical (unpaired) electrons. The number of nitrogens with zero attached hydrogens (tertiary/aromatic N) is 1. The van der Waals surface area contributed by atoms with Gasteiger partial charge in [0, 0.05) is 16.3 Å². The summed E-state index contributed by atoms with van der Waals surface area (Å²) in [4.78, 5) is 36.4. The SMILES string of the molecule is Cc1ccccc1NC(=O)C(=O)N/N=C\c1cc(Cl)ccc1OCC(=O)Nc1cccc(Cl)c1Cl. The topological polar surface area (TPSA) is 109 Å². The van der Waals surface area contributed by atoms with Gasteiger partial charge >= 0.3 is 11.8 Å². The zero-order valence-corrected chi connectivity index (χ0v) is 20.5. The molecule has 0 saturated carbocycles. The predicted molar refractivity (Wildman–Crippen MR) is 138 cm³/mol. The quantitative estimate of drug-likeness (QED) is 0.224. The van der Waals surface area contributed by atoms with Crippen molar-refractivity contribution in [3.63, 3.8) is 0 Å². The molecule has 0 atom stereocenters. The van der Waals surface area contributed by atoms with Crippen LogP contribution in [0.15, 0.2) is 65.8 Å². The molecule has 35 heavy (non-hydrogen) atoms. The van der Waals surface area contributed by atoms with Crippen LogP contribution in [0.25, 0.3) is 0 Å². The van der Waals surface area contributed by atoms with Crippen LogP contribution in [0.3, 0.4) is 0 Å². The first-order chi connectivity index (χ1) is 16.7. The summed E-state index contributed by atoms with van der Waals surface area (Å²) in [5.41, 5.74) is 4.17. The van der Waals surface area contributed by atoms with Gasteiger partial charge in [-0.2, -0.15) is 5.10 Å². The summed E-state index contributed by atoms with van der Waals surface area (Å²) in [7, 11) is 0. The molecular formula is C24H19Cl3N4O4. The Morgan fingerprint density at radius 2 is 1.66 bits per heavy atom. The van der Waals surface area contributed by atoms with Gasteiger partial charge in [-0.1, -0.05) is 59.1 Å². The summed E-state index contributed by atoms with van der Waals surface area (Å²) >= 11 is 18.1. The fraction of sp³-hybridized carbons (Fsp3) is 0.0833. The fourth-order valence-electron chi connectivity index (χ4n) is 2.79. The van der Waals surface area contributed by atoms with Gasteiger partial charge in [0.05, 0.1) is 21.9 Å². The van der Waals surface area contributed by atoms with Crippen LogP contribution >= 0.6 is 34.8 Å². The van der Waals surface area contributed by atoms with Crippen molar-refractivity contribution in [2.45, 2.75) is 6.92 Å². The highest BCUT2D eigenvalue weighted by Crippen LogP contribution is 2.29. The summed E-state index contributed by atoms with van der Waals surface area (Å²) < 4.78 is 5.56. The van der Waals surface area contributed by atoms with Crippen molar-refractivity contribution in [3.05, 3.63) is 86.9 Å². The van der Waals surface area contributed by atoms with Crippen molar-refractivity contribution in [3.8, 4) is 5.75 Å². The monoisotopic (exact) mass is 532 g/mol.